The van der Waals surface area contributed by atoms with Crippen LogP contribution in [0.2, 0.25) is 0 Å². The first-order chi connectivity index (χ1) is 10.6. The zero-order valence-electron chi connectivity index (χ0n) is 12.9. The number of carboxylic acids is 1. The highest BCUT2D eigenvalue weighted by Gasteiger charge is 2.46. The quantitative estimate of drug-likeness (QED) is 0.911. The fourth-order valence-corrected chi connectivity index (χ4v) is 3.31. The molecule has 0 spiro atoms. The van der Waals surface area contributed by atoms with E-state index < -0.39 is 11.4 Å². The highest BCUT2D eigenvalue weighted by Crippen LogP contribution is 2.34. The fourth-order valence-electron chi connectivity index (χ4n) is 3.31. The van der Waals surface area contributed by atoms with Crippen molar-refractivity contribution in [3.63, 3.8) is 0 Å². The highest BCUT2D eigenvalue weighted by atomic mass is 16.5. The molecule has 3 rings (SSSR count). The minimum atomic E-state index is -0.975. The molecule has 2 aromatic carbocycles. The number of methoxy groups -OCH3 is 1. The lowest BCUT2D eigenvalue weighted by Crippen LogP contribution is -2.48. The molecule has 1 fully saturated rings. The van der Waals surface area contributed by atoms with Crippen LogP contribution in [-0.4, -0.2) is 36.9 Å². The van der Waals surface area contributed by atoms with Gasteiger partial charge in [0.2, 0.25) is 0 Å². The van der Waals surface area contributed by atoms with Crippen LogP contribution in [0.5, 0.6) is 0 Å². The molecule has 1 aliphatic heterocycles. The number of benzene rings is 2. The van der Waals surface area contributed by atoms with Crippen molar-refractivity contribution in [2.75, 3.05) is 13.7 Å². The number of ether oxygens (including phenoxy) is 1. The zero-order chi connectivity index (χ0) is 15.7. The Hall–Kier alpha value is -1.91. The van der Waals surface area contributed by atoms with Crippen LogP contribution < -0.4 is 5.32 Å². The van der Waals surface area contributed by atoms with Crippen molar-refractivity contribution in [1.29, 1.82) is 0 Å². The second-order valence-corrected chi connectivity index (χ2v) is 6.12. The van der Waals surface area contributed by atoms with E-state index in [1.165, 1.54) is 0 Å². The van der Waals surface area contributed by atoms with Gasteiger partial charge in [0.1, 0.15) is 5.41 Å². The van der Waals surface area contributed by atoms with Crippen molar-refractivity contribution in [3.05, 3.63) is 48.0 Å². The molecule has 22 heavy (non-hydrogen) atoms. The Balaban J connectivity index is 2.03. The number of hydrogen-bond donors (Lipinski definition) is 2. The Morgan fingerprint density at radius 2 is 2.00 bits per heavy atom. The fraction of sp³-hybridized carbons (Fsp3) is 0.389. The average molecular weight is 299 g/mol. The molecule has 0 amide bonds. The van der Waals surface area contributed by atoms with Crippen molar-refractivity contribution in [3.8, 4) is 0 Å². The second-order valence-electron chi connectivity index (χ2n) is 6.12. The summed E-state index contributed by atoms with van der Waals surface area (Å²) in [6.07, 6.45) is 0.774. The molecule has 1 heterocycles. The smallest absolute Gasteiger partial charge is 0.315 e. The number of carbonyl (C=O) groups is 1. The third-order valence-electron chi connectivity index (χ3n) is 4.91. The van der Waals surface area contributed by atoms with Crippen LogP contribution in [0.1, 0.15) is 18.9 Å². The van der Waals surface area contributed by atoms with E-state index in [1.54, 1.807) is 14.0 Å². The molecule has 116 valence electrons. The molecule has 1 aliphatic rings. The Bertz CT molecular complexity index is 700. The number of hydrogen-bond acceptors (Lipinski definition) is 3. The first-order valence-corrected chi connectivity index (χ1v) is 7.54. The van der Waals surface area contributed by atoms with Crippen LogP contribution >= 0.6 is 0 Å². The number of rotatable bonds is 4. The van der Waals surface area contributed by atoms with E-state index in [0.29, 0.717) is 13.0 Å². The van der Waals surface area contributed by atoms with E-state index in [-0.39, 0.29) is 12.1 Å². The van der Waals surface area contributed by atoms with Crippen molar-refractivity contribution in [1.82, 2.24) is 5.32 Å². The van der Waals surface area contributed by atoms with Gasteiger partial charge in [-0.2, -0.15) is 0 Å². The molecule has 0 bridgehead atoms. The maximum absolute atomic E-state index is 12.1. The number of aliphatic carboxylic acids is 1. The summed E-state index contributed by atoms with van der Waals surface area (Å²) >= 11 is 0. The molecule has 0 radical (unpaired) electrons. The summed E-state index contributed by atoms with van der Waals surface area (Å²) in [4.78, 5) is 12.1. The van der Waals surface area contributed by atoms with Crippen molar-refractivity contribution in [2.45, 2.75) is 30.9 Å². The molecular formula is C18H21NO3. The lowest BCUT2D eigenvalue weighted by Gasteiger charge is -2.32. The molecule has 0 aromatic heterocycles. The lowest BCUT2D eigenvalue weighted by atomic mass is 9.74. The van der Waals surface area contributed by atoms with E-state index in [0.717, 1.165) is 16.3 Å². The Morgan fingerprint density at radius 1 is 1.27 bits per heavy atom. The molecule has 0 unspecified atom stereocenters. The maximum atomic E-state index is 12.1. The van der Waals surface area contributed by atoms with E-state index in [1.807, 2.05) is 42.5 Å². The summed E-state index contributed by atoms with van der Waals surface area (Å²) in [6, 6.07) is 13.8. The van der Waals surface area contributed by atoms with Crippen molar-refractivity contribution in [2.24, 2.45) is 0 Å². The Kier molecular flexibility index (Phi) is 3.89. The molecule has 0 saturated carbocycles. The maximum Gasteiger partial charge on any atom is 0.315 e. The van der Waals surface area contributed by atoms with E-state index in [9.17, 15) is 9.90 Å². The third-order valence-corrected chi connectivity index (χ3v) is 4.91. The summed E-state index contributed by atoms with van der Waals surface area (Å²) in [5, 5.41) is 15.4. The van der Waals surface area contributed by atoms with Crippen LogP contribution in [0.15, 0.2) is 42.5 Å². The monoisotopic (exact) mass is 299 g/mol. The van der Waals surface area contributed by atoms with E-state index >= 15 is 0 Å². The Morgan fingerprint density at radius 3 is 2.64 bits per heavy atom. The predicted molar refractivity (Wildman–Crippen MR) is 86.1 cm³/mol. The van der Waals surface area contributed by atoms with Crippen LogP contribution in [0.25, 0.3) is 10.8 Å². The van der Waals surface area contributed by atoms with Gasteiger partial charge in [-0.15, -0.1) is 0 Å². The first-order valence-electron chi connectivity index (χ1n) is 7.54. The molecule has 4 nitrogen and oxygen atoms in total. The van der Waals surface area contributed by atoms with E-state index in [4.69, 9.17) is 4.74 Å². The Labute approximate surface area is 130 Å². The highest BCUT2D eigenvalue weighted by molar-refractivity contribution is 5.87. The zero-order valence-corrected chi connectivity index (χ0v) is 12.9. The second kappa shape index (κ2) is 5.71. The number of fused-ring (bicyclic) bond motifs is 1. The molecule has 1 saturated heterocycles. The minimum Gasteiger partial charge on any atom is -0.481 e. The van der Waals surface area contributed by atoms with Crippen LogP contribution in [-0.2, 0) is 14.9 Å². The van der Waals surface area contributed by atoms with Gasteiger partial charge < -0.3 is 15.2 Å². The first kappa shape index (κ1) is 15.0. The van der Waals surface area contributed by atoms with Gasteiger partial charge >= 0.3 is 5.97 Å². The molecule has 2 aromatic rings. The average Bonchev–Trinajstić information content (AvgIpc) is 3.03. The van der Waals surface area contributed by atoms with Crippen molar-refractivity contribution >= 4 is 16.7 Å². The summed E-state index contributed by atoms with van der Waals surface area (Å²) in [5.41, 5.74) is -0.148. The molecule has 0 aliphatic carbocycles. The summed E-state index contributed by atoms with van der Waals surface area (Å²) in [6.45, 7) is 2.49. The van der Waals surface area contributed by atoms with Gasteiger partial charge in [0.15, 0.2) is 0 Å². The molecular weight excluding hydrogens is 278 g/mol. The molecule has 4 heteroatoms. The van der Waals surface area contributed by atoms with Crippen LogP contribution in [0.4, 0.5) is 0 Å². The molecule has 2 N–H and O–H groups in total. The van der Waals surface area contributed by atoms with Gasteiger partial charge in [0.05, 0.1) is 6.10 Å². The normalized spacial score (nSPS) is 24.3. The van der Waals surface area contributed by atoms with Crippen LogP contribution in [0.3, 0.4) is 0 Å². The van der Waals surface area contributed by atoms with Gasteiger partial charge in [-0.3, -0.25) is 4.79 Å². The van der Waals surface area contributed by atoms with Gasteiger partial charge in [-0.05, 0) is 35.7 Å². The van der Waals surface area contributed by atoms with Gasteiger partial charge in [0.25, 0.3) is 0 Å². The lowest BCUT2D eigenvalue weighted by molar-refractivity contribution is -0.144. The summed E-state index contributed by atoms with van der Waals surface area (Å²) in [5.74, 6) is -0.808. The number of nitrogens with one attached hydrogen (secondary N) is 1. The van der Waals surface area contributed by atoms with Gasteiger partial charge in [-0.1, -0.05) is 36.4 Å². The topological polar surface area (TPSA) is 58.6 Å². The van der Waals surface area contributed by atoms with Crippen LogP contribution in [0, 0.1) is 0 Å². The largest absolute Gasteiger partial charge is 0.481 e. The SMILES string of the molecule is CO[C@H]1CN[C@H]([C@](C)(C(=O)O)c2ccc3ccccc3c2)C1. The predicted octanol–water partition coefficient (Wildman–Crippen LogP) is 2.56. The minimum absolute atomic E-state index is 0.0733. The molecule has 3 atom stereocenters. The number of carboxylic acid groups (broad SMARTS) is 1. The summed E-state index contributed by atoms with van der Waals surface area (Å²) in [7, 11) is 1.67. The van der Waals surface area contributed by atoms with E-state index in [2.05, 4.69) is 5.32 Å². The van der Waals surface area contributed by atoms with Crippen molar-refractivity contribution < 1.29 is 14.6 Å². The standard InChI is InChI=1S/C18H21NO3/c1-18(17(20)21,16-10-15(22-2)11-19-16)14-8-7-12-5-3-4-6-13(12)9-14/h3-9,15-16,19H,10-11H2,1-2H3,(H,20,21)/t15-,16+,18-/m1/s1. The third kappa shape index (κ3) is 2.38. The summed E-state index contributed by atoms with van der Waals surface area (Å²) < 4.78 is 5.37. The van der Waals surface area contributed by atoms with Gasteiger partial charge in [-0.25, -0.2) is 0 Å². The van der Waals surface area contributed by atoms with Gasteiger partial charge in [0, 0.05) is 19.7 Å².